The van der Waals surface area contributed by atoms with Crippen LogP contribution in [0.4, 0.5) is 0 Å². The first-order chi connectivity index (χ1) is 5.27. The summed E-state index contributed by atoms with van der Waals surface area (Å²) >= 11 is 0. The first-order valence-electron chi connectivity index (χ1n) is 4.11. The quantitative estimate of drug-likeness (QED) is 0.485. The highest BCUT2D eigenvalue weighted by Crippen LogP contribution is 1.93. The Labute approximate surface area is 69.1 Å². The van der Waals surface area contributed by atoms with E-state index in [-0.39, 0.29) is 0 Å². The van der Waals surface area contributed by atoms with Gasteiger partial charge in [0.25, 0.3) is 0 Å². The van der Waals surface area contributed by atoms with Crippen LogP contribution in [-0.2, 0) is 0 Å². The molecule has 62 valence electrons. The minimum Gasteiger partial charge on any atom is -0.381 e. The monoisotopic (exact) mass is 152 g/mol. The number of allylic oxidation sites excluding steroid dienone is 2. The van der Waals surface area contributed by atoms with Crippen LogP contribution in [0.5, 0.6) is 0 Å². The smallest absolute Gasteiger partial charge is 0.112 e. The van der Waals surface area contributed by atoms with Crippen LogP contribution in [0, 0.1) is 11.8 Å². The van der Waals surface area contributed by atoms with Crippen molar-refractivity contribution in [1.29, 1.82) is 0 Å². The third-order valence-corrected chi connectivity index (χ3v) is 1.22. The van der Waals surface area contributed by atoms with Crippen molar-refractivity contribution >= 4 is 0 Å². The Morgan fingerprint density at radius 2 is 2.27 bits per heavy atom. The van der Waals surface area contributed by atoms with Crippen molar-refractivity contribution in [2.24, 2.45) is 0 Å². The van der Waals surface area contributed by atoms with Crippen molar-refractivity contribution in [3.8, 4) is 11.8 Å². The number of aliphatic hydroxyl groups is 1. The summed E-state index contributed by atoms with van der Waals surface area (Å²) in [6.07, 6.45) is 6.86. The van der Waals surface area contributed by atoms with Crippen LogP contribution >= 0.6 is 0 Å². The van der Waals surface area contributed by atoms with Gasteiger partial charge in [0, 0.05) is 0 Å². The van der Waals surface area contributed by atoms with E-state index < -0.39 is 6.10 Å². The second-order valence-electron chi connectivity index (χ2n) is 2.51. The van der Waals surface area contributed by atoms with Gasteiger partial charge in [0.15, 0.2) is 0 Å². The largest absolute Gasteiger partial charge is 0.381 e. The molecule has 0 aromatic rings. The van der Waals surface area contributed by atoms with Gasteiger partial charge in [-0.2, -0.15) is 0 Å². The lowest BCUT2D eigenvalue weighted by molar-refractivity contribution is 0.253. The molecular formula is C10H16O. The van der Waals surface area contributed by atoms with E-state index in [9.17, 15) is 0 Å². The standard InChI is InChI=1S/C10H16O/c1-3-4-5-6-7-8-9-10(2)11/h6-7,10-11H,3-5H2,1-2H3/b7-6+. The van der Waals surface area contributed by atoms with Crippen molar-refractivity contribution in [3.05, 3.63) is 12.2 Å². The van der Waals surface area contributed by atoms with Crippen molar-refractivity contribution < 1.29 is 5.11 Å². The van der Waals surface area contributed by atoms with Crippen LogP contribution in [0.3, 0.4) is 0 Å². The summed E-state index contributed by atoms with van der Waals surface area (Å²) in [4.78, 5) is 0. The van der Waals surface area contributed by atoms with Crippen LogP contribution < -0.4 is 0 Å². The fourth-order valence-electron chi connectivity index (χ4n) is 0.633. The summed E-state index contributed by atoms with van der Waals surface area (Å²) in [5.41, 5.74) is 0. The molecule has 0 aliphatic rings. The average Bonchev–Trinajstić information content (AvgIpc) is 1.96. The highest BCUT2D eigenvalue weighted by atomic mass is 16.3. The maximum absolute atomic E-state index is 8.75. The topological polar surface area (TPSA) is 20.2 Å². The predicted octanol–water partition coefficient (Wildman–Crippen LogP) is 2.12. The number of hydrogen-bond acceptors (Lipinski definition) is 1. The number of rotatable bonds is 3. The summed E-state index contributed by atoms with van der Waals surface area (Å²) in [7, 11) is 0. The lowest BCUT2D eigenvalue weighted by atomic mass is 10.2. The van der Waals surface area contributed by atoms with E-state index in [4.69, 9.17) is 5.11 Å². The fourth-order valence-corrected chi connectivity index (χ4v) is 0.633. The number of unbranched alkanes of at least 4 members (excludes halogenated alkanes) is 2. The second-order valence-corrected chi connectivity index (χ2v) is 2.51. The third kappa shape index (κ3) is 9.26. The average molecular weight is 152 g/mol. The van der Waals surface area contributed by atoms with E-state index in [1.54, 1.807) is 6.92 Å². The molecule has 11 heavy (non-hydrogen) atoms. The van der Waals surface area contributed by atoms with Gasteiger partial charge in [0.1, 0.15) is 6.10 Å². The lowest BCUT2D eigenvalue weighted by Crippen LogP contribution is -1.91. The zero-order valence-corrected chi connectivity index (χ0v) is 7.30. The highest BCUT2D eigenvalue weighted by molar-refractivity contribution is 5.16. The van der Waals surface area contributed by atoms with Gasteiger partial charge < -0.3 is 5.11 Å². The Bertz CT molecular complexity index is 157. The SMILES string of the molecule is CCCC/C=C/C#CC(C)O. The van der Waals surface area contributed by atoms with E-state index in [2.05, 4.69) is 18.8 Å². The Morgan fingerprint density at radius 3 is 2.82 bits per heavy atom. The highest BCUT2D eigenvalue weighted by Gasteiger charge is 1.79. The molecule has 1 heteroatoms. The van der Waals surface area contributed by atoms with Gasteiger partial charge in [0.05, 0.1) is 0 Å². The van der Waals surface area contributed by atoms with Gasteiger partial charge in [-0.3, -0.25) is 0 Å². The van der Waals surface area contributed by atoms with Crippen LogP contribution in [-0.4, -0.2) is 11.2 Å². The minimum absolute atomic E-state index is 0.508. The molecule has 0 fully saturated rings. The van der Waals surface area contributed by atoms with Crippen molar-refractivity contribution in [3.63, 3.8) is 0 Å². The van der Waals surface area contributed by atoms with Crippen LogP contribution in [0.1, 0.15) is 33.1 Å². The van der Waals surface area contributed by atoms with Gasteiger partial charge >= 0.3 is 0 Å². The zero-order chi connectivity index (χ0) is 8.53. The summed E-state index contributed by atoms with van der Waals surface area (Å²) in [5, 5.41) is 8.75. The van der Waals surface area contributed by atoms with E-state index >= 15 is 0 Å². The number of hydrogen-bond donors (Lipinski definition) is 1. The van der Waals surface area contributed by atoms with Gasteiger partial charge in [-0.15, -0.1) is 0 Å². The molecule has 1 nitrogen and oxygen atoms in total. The second kappa shape index (κ2) is 7.37. The molecule has 0 bridgehead atoms. The molecule has 1 atom stereocenters. The Balaban J connectivity index is 3.38. The third-order valence-electron chi connectivity index (χ3n) is 1.22. The molecular weight excluding hydrogens is 136 g/mol. The zero-order valence-electron chi connectivity index (χ0n) is 7.30. The molecule has 0 aromatic heterocycles. The fraction of sp³-hybridized carbons (Fsp3) is 0.600. The minimum atomic E-state index is -0.508. The van der Waals surface area contributed by atoms with Crippen LogP contribution in [0.25, 0.3) is 0 Å². The molecule has 0 rings (SSSR count). The normalized spacial score (nSPS) is 12.6. The summed E-state index contributed by atoms with van der Waals surface area (Å²) in [5.74, 6) is 5.40. The molecule has 0 aliphatic carbocycles. The van der Waals surface area contributed by atoms with Gasteiger partial charge in [-0.05, 0) is 19.4 Å². The number of aliphatic hydroxyl groups excluding tert-OH is 1. The van der Waals surface area contributed by atoms with Crippen LogP contribution in [0.2, 0.25) is 0 Å². The first kappa shape index (κ1) is 10.3. The van der Waals surface area contributed by atoms with Crippen LogP contribution in [0.15, 0.2) is 12.2 Å². The van der Waals surface area contributed by atoms with E-state index in [1.807, 2.05) is 12.2 Å². The lowest BCUT2D eigenvalue weighted by Gasteiger charge is -1.86. The summed E-state index contributed by atoms with van der Waals surface area (Å²) in [6.45, 7) is 3.82. The van der Waals surface area contributed by atoms with Crippen molar-refractivity contribution in [1.82, 2.24) is 0 Å². The van der Waals surface area contributed by atoms with Gasteiger partial charge in [0.2, 0.25) is 0 Å². The Kier molecular flexibility index (Phi) is 6.87. The molecule has 0 aliphatic heterocycles. The summed E-state index contributed by atoms with van der Waals surface area (Å²) < 4.78 is 0. The molecule has 0 saturated heterocycles. The van der Waals surface area contributed by atoms with Gasteiger partial charge in [-0.25, -0.2) is 0 Å². The maximum atomic E-state index is 8.75. The van der Waals surface area contributed by atoms with E-state index in [1.165, 1.54) is 12.8 Å². The molecule has 0 saturated carbocycles. The van der Waals surface area contributed by atoms with E-state index in [0.29, 0.717) is 0 Å². The molecule has 0 heterocycles. The molecule has 0 spiro atoms. The molecule has 0 aromatic carbocycles. The maximum Gasteiger partial charge on any atom is 0.112 e. The molecule has 0 amide bonds. The molecule has 1 unspecified atom stereocenters. The van der Waals surface area contributed by atoms with E-state index in [0.717, 1.165) is 6.42 Å². The van der Waals surface area contributed by atoms with Crippen molar-refractivity contribution in [2.75, 3.05) is 0 Å². The van der Waals surface area contributed by atoms with Crippen molar-refractivity contribution in [2.45, 2.75) is 39.2 Å². The summed E-state index contributed by atoms with van der Waals surface area (Å²) in [6, 6.07) is 0. The van der Waals surface area contributed by atoms with Gasteiger partial charge in [-0.1, -0.05) is 37.7 Å². The Morgan fingerprint density at radius 1 is 1.55 bits per heavy atom. The molecule has 0 radical (unpaired) electrons. The Hall–Kier alpha value is -0.740. The predicted molar refractivity (Wildman–Crippen MR) is 48.1 cm³/mol. The first-order valence-corrected chi connectivity index (χ1v) is 4.11. The molecule has 1 N–H and O–H groups in total.